The second-order valence-corrected chi connectivity index (χ2v) is 6.68. The Kier molecular flexibility index (Phi) is 6.45. The topological polar surface area (TPSA) is 75.1 Å². The van der Waals surface area contributed by atoms with Crippen LogP contribution in [0.15, 0.2) is 38.5 Å². The lowest BCUT2D eigenvalue weighted by Crippen LogP contribution is -2.13. The Hall–Kier alpha value is -2.04. The van der Waals surface area contributed by atoms with Gasteiger partial charge in [0.15, 0.2) is 11.5 Å². The zero-order valence-corrected chi connectivity index (χ0v) is 17.0. The number of nitriles is 1. The van der Waals surface area contributed by atoms with Crippen LogP contribution in [0.3, 0.4) is 0 Å². The van der Waals surface area contributed by atoms with Crippen LogP contribution in [-0.2, 0) is 0 Å². The third-order valence-corrected chi connectivity index (χ3v) is 5.46. The van der Waals surface area contributed by atoms with Crippen LogP contribution < -0.4 is 15.0 Å². The molecule has 130 valence electrons. The number of halogens is 2. The number of aromatic amines is 1. The molecule has 1 aromatic heterocycles. The van der Waals surface area contributed by atoms with Gasteiger partial charge in [-0.05, 0) is 57.8 Å². The number of aromatic nitrogens is 1. The van der Waals surface area contributed by atoms with Gasteiger partial charge in [-0.1, -0.05) is 12.7 Å². The van der Waals surface area contributed by atoms with Gasteiger partial charge < -0.3 is 14.5 Å². The van der Waals surface area contributed by atoms with E-state index in [9.17, 15) is 10.1 Å². The summed E-state index contributed by atoms with van der Waals surface area (Å²) in [6, 6.07) is 5.48. The molecule has 5 nitrogen and oxygen atoms in total. The lowest BCUT2D eigenvalue weighted by atomic mass is 10.0. The Labute approximate surface area is 162 Å². The third kappa shape index (κ3) is 3.97. The monoisotopic (exact) mass is 466 g/mol. The molecule has 25 heavy (non-hydrogen) atoms. The highest BCUT2D eigenvalue weighted by molar-refractivity contribution is 9.13. The van der Waals surface area contributed by atoms with Crippen LogP contribution in [0.1, 0.15) is 18.2 Å². The Balaban J connectivity index is 2.78. The number of aryl methyl sites for hydroxylation is 1. The predicted molar refractivity (Wildman–Crippen MR) is 104 cm³/mol. The SMILES string of the molecule is C=CCOc1c(OCC)cc(-c2cc(C)[nH]c(=O)c2C#N)c(Br)c1Br. The Morgan fingerprint density at radius 3 is 2.60 bits per heavy atom. The van der Waals surface area contributed by atoms with Crippen LogP contribution in [0, 0.1) is 18.3 Å². The first-order valence-electron chi connectivity index (χ1n) is 7.47. The summed E-state index contributed by atoms with van der Waals surface area (Å²) in [5, 5.41) is 9.39. The molecule has 0 bridgehead atoms. The highest BCUT2D eigenvalue weighted by Crippen LogP contribution is 2.46. The number of benzene rings is 1. The number of rotatable bonds is 6. The lowest BCUT2D eigenvalue weighted by molar-refractivity contribution is 0.295. The molecule has 1 N–H and O–H groups in total. The van der Waals surface area contributed by atoms with Crippen LogP contribution in [0.5, 0.6) is 11.5 Å². The van der Waals surface area contributed by atoms with Gasteiger partial charge in [0.05, 0.1) is 11.1 Å². The molecule has 0 unspecified atom stereocenters. The van der Waals surface area contributed by atoms with Crippen molar-refractivity contribution in [3.8, 4) is 28.7 Å². The Bertz CT molecular complexity index is 914. The minimum absolute atomic E-state index is 0.0420. The van der Waals surface area contributed by atoms with E-state index in [2.05, 4.69) is 43.4 Å². The minimum atomic E-state index is -0.425. The summed E-state index contributed by atoms with van der Waals surface area (Å²) in [7, 11) is 0. The smallest absolute Gasteiger partial charge is 0.266 e. The van der Waals surface area contributed by atoms with Gasteiger partial charge in [-0.3, -0.25) is 4.79 Å². The van der Waals surface area contributed by atoms with E-state index >= 15 is 0 Å². The maximum atomic E-state index is 12.1. The molecule has 0 spiro atoms. The standard InChI is InChI=1S/C18H16Br2N2O3/c1-4-6-25-17-14(24-5-2)8-12(15(19)16(17)20)11-7-10(3)22-18(23)13(11)9-21/h4,7-8H,1,5-6H2,2-3H3,(H,22,23). The zero-order chi connectivity index (χ0) is 18.6. The Morgan fingerprint density at radius 1 is 1.28 bits per heavy atom. The second-order valence-electron chi connectivity index (χ2n) is 5.09. The van der Waals surface area contributed by atoms with E-state index < -0.39 is 5.56 Å². The van der Waals surface area contributed by atoms with Crippen molar-refractivity contribution in [1.29, 1.82) is 5.26 Å². The van der Waals surface area contributed by atoms with Gasteiger partial charge in [0.25, 0.3) is 5.56 Å². The normalized spacial score (nSPS) is 10.2. The van der Waals surface area contributed by atoms with Crippen LogP contribution in [-0.4, -0.2) is 18.2 Å². The van der Waals surface area contributed by atoms with Gasteiger partial charge in [0.2, 0.25) is 0 Å². The molecule has 0 saturated carbocycles. The summed E-state index contributed by atoms with van der Waals surface area (Å²) in [5.41, 5.74) is 1.46. The van der Waals surface area contributed by atoms with Crippen LogP contribution >= 0.6 is 31.9 Å². The molecule has 0 amide bonds. The van der Waals surface area contributed by atoms with Crippen LogP contribution in [0.2, 0.25) is 0 Å². The molecule has 0 fully saturated rings. The summed E-state index contributed by atoms with van der Waals surface area (Å²) in [5.74, 6) is 1.04. The molecule has 0 aliphatic carbocycles. The molecule has 0 saturated heterocycles. The van der Waals surface area contributed by atoms with Crippen molar-refractivity contribution in [1.82, 2.24) is 4.98 Å². The van der Waals surface area contributed by atoms with Crippen molar-refractivity contribution in [2.75, 3.05) is 13.2 Å². The first kappa shape index (κ1) is 19.3. The molecular formula is C18H16Br2N2O3. The van der Waals surface area contributed by atoms with E-state index in [-0.39, 0.29) is 5.56 Å². The van der Waals surface area contributed by atoms with Crippen molar-refractivity contribution in [2.45, 2.75) is 13.8 Å². The molecule has 1 aromatic carbocycles. The summed E-state index contributed by atoms with van der Waals surface area (Å²) in [4.78, 5) is 14.7. The van der Waals surface area contributed by atoms with E-state index in [0.29, 0.717) is 50.5 Å². The minimum Gasteiger partial charge on any atom is -0.490 e. The van der Waals surface area contributed by atoms with Gasteiger partial charge in [0, 0.05) is 21.3 Å². The van der Waals surface area contributed by atoms with Crippen molar-refractivity contribution >= 4 is 31.9 Å². The van der Waals surface area contributed by atoms with Gasteiger partial charge in [-0.15, -0.1) is 0 Å². The average Bonchev–Trinajstić information content (AvgIpc) is 2.57. The van der Waals surface area contributed by atoms with E-state index in [1.54, 1.807) is 25.1 Å². The number of hydrogen-bond acceptors (Lipinski definition) is 4. The highest BCUT2D eigenvalue weighted by Gasteiger charge is 2.21. The van der Waals surface area contributed by atoms with E-state index in [0.717, 1.165) is 0 Å². The molecule has 0 aliphatic heterocycles. The van der Waals surface area contributed by atoms with E-state index in [1.807, 2.05) is 13.0 Å². The van der Waals surface area contributed by atoms with Crippen LogP contribution in [0.25, 0.3) is 11.1 Å². The van der Waals surface area contributed by atoms with Crippen LogP contribution in [0.4, 0.5) is 0 Å². The summed E-state index contributed by atoms with van der Waals surface area (Å²) < 4.78 is 12.7. The molecule has 0 aliphatic rings. The third-order valence-electron chi connectivity index (χ3n) is 3.34. The molecular weight excluding hydrogens is 452 g/mol. The quantitative estimate of drug-likeness (QED) is 0.624. The second kappa shape index (κ2) is 8.37. The molecule has 7 heteroatoms. The molecule has 0 atom stereocenters. The maximum Gasteiger partial charge on any atom is 0.266 e. The largest absolute Gasteiger partial charge is 0.490 e. The van der Waals surface area contributed by atoms with Crippen molar-refractivity contribution in [3.63, 3.8) is 0 Å². The number of nitrogens with zero attached hydrogens (tertiary/aromatic N) is 1. The average molecular weight is 468 g/mol. The van der Waals surface area contributed by atoms with Gasteiger partial charge in [-0.2, -0.15) is 5.26 Å². The van der Waals surface area contributed by atoms with Crippen molar-refractivity contribution < 1.29 is 9.47 Å². The number of nitrogens with one attached hydrogen (secondary N) is 1. The first-order chi connectivity index (χ1) is 11.9. The highest BCUT2D eigenvalue weighted by atomic mass is 79.9. The lowest BCUT2D eigenvalue weighted by Gasteiger charge is -2.17. The number of ether oxygens (including phenoxy) is 2. The fraction of sp³-hybridized carbons (Fsp3) is 0.222. The van der Waals surface area contributed by atoms with Gasteiger partial charge in [0.1, 0.15) is 18.2 Å². The molecule has 2 aromatic rings. The van der Waals surface area contributed by atoms with Gasteiger partial charge in [-0.25, -0.2) is 0 Å². The van der Waals surface area contributed by atoms with E-state index in [1.165, 1.54) is 0 Å². The van der Waals surface area contributed by atoms with Crippen molar-refractivity contribution in [2.24, 2.45) is 0 Å². The molecule has 0 radical (unpaired) electrons. The number of H-pyrrole nitrogens is 1. The zero-order valence-electron chi connectivity index (χ0n) is 13.8. The summed E-state index contributed by atoms with van der Waals surface area (Å²) in [6.07, 6.45) is 1.64. The summed E-state index contributed by atoms with van der Waals surface area (Å²) in [6.45, 7) is 8.03. The first-order valence-corrected chi connectivity index (χ1v) is 9.06. The van der Waals surface area contributed by atoms with Gasteiger partial charge >= 0.3 is 0 Å². The molecule has 2 rings (SSSR count). The maximum absolute atomic E-state index is 12.1. The summed E-state index contributed by atoms with van der Waals surface area (Å²) >= 11 is 7.04. The Morgan fingerprint density at radius 2 is 2.00 bits per heavy atom. The predicted octanol–water partition coefficient (Wildman–Crippen LogP) is 4.71. The fourth-order valence-electron chi connectivity index (χ4n) is 2.33. The number of hydrogen-bond donors (Lipinski definition) is 1. The van der Waals surface area contributed by atoms with E-state index in [4.69, 9.17) is 9.47 Å². The van der Waals surface area contributed by atoms with Crippen molar-refractivity contribution in [3.05, 3.63) is 55.3 Å². The number of pyridine rings is 1. The molecule has 1 heterocycles. The fourth-order valence-corrected chi connectivity index (χ4v) is 3.37.